The normalized spacial score (nSPS) is 18.9. The summed E-state index contributed by atoms with van der Waals surface area (Å²) >= 11 is 0. The van der Waals surface area contributed by atoms with Gasteiger partial charge in [0.25, 0.3) is 0 Å². The molecule has 0 amide bonds. The maximum Gasteiger partial charge on any atom is 0.00201 e. The number of piperidine rings is 1. The van der Waals surface area contributed by atoms with Crippen LogP contribution < -0.4 is 5.32 Å². The lowest BCUT2D eigenvalue weighted by Crippen LogP contribution is -2.28. The molecule has 1 nitrogen and oxygen atoms in total. The van der Waals surface area contributed by atoms with Crippen molar-refractivity contribution >= 4 is 0 Å². The number of hydrogen-bond donors (Lipinski definition) is 1. The van der Waals surface area contributed by atoms with Crippen LogP contribution in [0.1, 0.15) is 49.7 Å². The highest BCUT2D eigenvalue weighted by Gasteiger charge is 2.17. The molecule has 1 atom stereocenters. The Kier molecular flexibility index (Phi) is 4.40. The van der Waals surface area contributed by atoms with Gasteiger partial charge in [0.15, 0.2) is 0 Å². The molecule has 1 saturated heterocycles. The molecule has 0 aliphatic carbocycles. The zero-order valence-electron chi connectivity index (χ0n) is 13.1. The molecule has 2 aromatic rings. The van der Waals surface area contributed by atoms with Crippen LogP contribution in [0.15, 0.2) is 48.5 Å². The van der Waals surface area contributed by atoms with Gasteiger partial charge in [0.05, 0.1) is 0 Å². The van der Waals surface area contributed by atoms with E-state index in [2.05, 4.69) is 67.7 Å². The summed E-state index contributed by atoms with van der Waals surface area (Å²) in [6.07, 6.45) is 2.60. The minimum Gasteiger partial charge on any atom is -0.316 e. The summed E-state index contributed by atoms with van der Waals surface area (Å²) in [6.45, 7) is 6.86. The van der Waals surface area contributed by atoms with E-state index in [0.29, 0.717) is 11.8 Å². The zero-order valence-corrected chi connectivity index (χ0v) is 13.1. The fourth-order valence-electron chi connectivity index (χ4n) is 3.34. The van der Waals surface area contributed by atoms with E-state index >= 15 is 0 Å². The van der Waals surface area contributed by atoms with Crippen molar-refractivity contribution in [3.8, 4) is 11.1 Å². The molecule has 21 heavy (non-hydrogen) atoms. The van der Waals surface area contributed by atoms with Crippen molar-refractivity contribution in [2.24, 2.45) is 0 Å². The van der Waals surface area contributed by atoms with Crippen LogP contribution in [0.4, 0.5) is 0 Å². The molecule has 1 aliphatic rings. The maximum atomic E-state index is 3.53. The van der Waals surface area contributed by atoms with E-state index in [1.807, 2.05) is 0 Å². The van der Waals surface area contributed by atoms with Gasteiger partial charge in [-0.05, 0) is 53.5 Å². The highest BCUT2D eigenvalue weighted by molar-refractivity contribution is 5.69. The molecule has 0 aromatic heterocycles. The van der Waals surface area contributed by atoms with Crippen LogP contribution in [0.5, 0.6) is 0 Å². The van der Waals surface area contributed by atoms with Gasteiger partial charge in [-0.15, -0.1) is 0 Å². The van der Waals surface area contributed by atoms with Crippen molar-refractivity contribution in [3.63, 3.8) is 0 Å². The fourth-order valence-corrected chi connectivity index (χ4v) is 3.34. The number of hydrogen-bond acceptors (Lipinski definition) is 1. The SMILES string of the molecule is CC(C)c1ccc(C2CCCNC2)cc1-c1ccccc1. The molecule has 1 heterocycles. The van der Waals surface area contributed by atoms with Gasteiger partial charge in [-0.2, -0.15) is 0 Å². The van der Waals surface area contributed by atoms with Crippen molar-refractivity contribution in [2.75, 3.05) is 13.1 Å². The summed E-state index contributed by atoms with van der Waals surface area (Å²) in [5, 5.41) is 3.53. The molecule has 1 fully saturated rings. The Morgan fingerprint density at radius 2 is 1.86 bits per heavy atom. The monoisotopic (exact) mass is 279 g/mol. The summed E-state index contributed by atoms with van der Waals surface area (Å²) in [5.41, 5.74) is 5.69. The minimum absolute atomic E-state index is 0.554. The molecule has 0 saturated carbocycles. The molecular weight excluding hydrogens is 254 g/mol. The first kappa shape index (κ1) is 14.3. The van der Waals surface area contributed by atoms with E-state index in [9.17, 15) is 0 Å². The van der Waals surface area contributed by atoms with Crippen LogP contribution in [-0.4, -0.2) is 13.1 Å². The van der Waals surface area contributed by atoms with Crippen LogP contribution in [-0.2, 0) is 0 Å². The minimum atomic E-state index is 0.554. The van der Waals surface area contributed by atoms with Gasteiger partial charge >= 0.3 is 0 Å². The van der Waals surface area contributed by atoms with Crippen molar-refractivity contribution in [3.05, 3.63) is 59.7 Å². The third kappa shape index (κ3) is 3.19. The van der Waals surface area contributed by atoms with Gasteiger partial charge in [0.1, 0.15) is 0 Å². The molecule has 0 bridgehead atoms. The zero-order chi connectivity index (χ0) is 14.7. The second-order valence-electron chi connectivity index (χ2n) is 6.41. The van der Waals surface area contributed by atoms with Gasteiger partial charge in [0.2, 0.25) is 0 Å². The summed E-state index contributed by atoms with van der Waals surface area (Å²) in [7, 11) is 0. The predicted molar refractivity (Wildman–Crippen MR) is 90.8 cm³/mol. The Bertz CT molecular complexity index is 580. The van der Waals surface area contributed by atoms with Gasteiger partial charge < -0.3 is 5.32 Å². The Balaban J connectivity index is 2.02. The first-order chi connectivity index (χ1) is 10.3. The molecular formula is C20H25N. The molecule has 1 aliphatic heterocycles. The van der Waals surface area contributed by atoms with Crippen molar-refractivity contribution in [1.29, 1.82) is 0 Å². The summed E-state index contributed by atoms with van der Waals surface area (Å²) in [6, 6.07) is 17.9. The highest BCUT2D eigenvalue weighted by Crippen LogP contribution is 2.33. The van der Waals surface area contributed by atoms with E-state index in [-0.39, 0.29) is 0 Å². The van der Waals surface area contributed by atoms with Crippen LogP contribution in [0.3, 0.4) is 0 Å². The highest BCUT2D eigenvalue weighted by atomic mass is 14.9. The third-order valence-corrected chi connectivity index (χ3v) is 4.55. The van der Waals surface area contributed by atoms with E-state index in [0.717, 1.165) is 6.54 Å². The molecule has 1 N–H and O–H groups in total. The van der Waals surface area contributed by atoms with E-state index < -0.39 is 0 Å². The molecule has 3 rings (SSSR count). The van der Waals surface area contributed by atoms with Crippen LogP contribution in [0.2, 0.25) is 0 Å². The lowest BCUT2D eigenvalue weighted by molar-refractivity contribution is 0.461. The fraction of sp³-hybridized carbons (Fsp3) is 0.400. The van der Waals surface area contributed by atoms with Gasteiger partial charge in [-0.1, -0.05) is 62.4 Å². The first-order valence-electron chi connectivity index (χ1n) is 8.15. The van der Waals surface area contributed by atoms with Crippen LogP contribution >= 0.6 is 0 Å². The van der Waals surface area contributed by atoms with Crippen molar-refractivity contribution in [1.82, 2.24) is 5.32 Å². The smallest absolute Gasteiger partial charge is 0.00201 e. The predicted octanol–water partition coefficient (Wildman–Crippen LogP) is 4.94. The number of benzene rings is 2. The number of nitrogens with one attached hydrogen (secondary N) is 1. The standard InChI is InChI=1S/C20H25N/c1-15(2)19-11-10-17(18-9-6-12-21-14-18)13-20(19)16-7-4-3-5-8-16/h3-5,7-8,10-11,13,15,18,21H,6,9,12,14H2,1-2H3. The Morgan fingerprint density at radius 3 is 2.52 bits per heavy atom. The maximum absolute atomic E-state index is 3.53. The average Bonchev–Trinajstić information content (AvgIpc) is 2.56. The topological polar surface area (TPSA) is 12.0 Å². The molecule has 0 radical (unpaired) electrons. The number of rotatable bonds is 3. The van der Waals surface area contributed by atoms with Gasteiger partial charge in [-0.25, -0.2) is 0 Å². The first-order valence-corrected chi connectivity index (χ1v) is 8.15. The van der Waals surface area contributed by atoms with Crippen LogP contribution in [0.25, 0.3) is 11.1 Å². The van der Waals surface area contributed by atoms with E-state index in [1.165, 1.54) is 41.6 Å². The molecule has 110 valence electrons. The Labute approximate surface area is 128 Å². The van der Waals surface area contributed by atoms with Gasteiger partial charge in [0, 0.05) is 6.54 Å². The summed E-state index contributed by atoms with van der Waals surface area (Å²) in [4.78, 5) is 0. The molecule has 0 spiro atoms. The Hall–Kier alpha value is -1.60. The molecule has 2 aromatic carbocycles. The lowest BCUT2D eigenvalue weighted by Gasteiger charge is -2.25. The van der Waals surface area contributed by atoms with Crippen molar-refractivity contribution < 1.29 is 0 Å². The molecule has 1 unspecified atom stereocenters. The van der Waals surface area contributed by atoms with Crippen LogP contribution in [0, 0.1) is 0 Å². The largest absolute Gasteiger partial charge is 0.316 e. The average molecular weight is 279 g/mol. The van der Waals surface area contributed by atoms with E-state index in [1.54, 1.807) is 0 Å². The van der Waals surface area contributed by atoms with E-state index in [4.69, 9.17) is 0 Å². The Morgan fingerprint density at radius 1 is 1.05 bits per heavy atom. The summed E-state index contributed by atoms with van der Waals surface area (Å²) < 4.78 is 0. The molecule has 1 heteroatoms. The lowest BCUT2D eigenvalue weighted by atomic mass is 9.85. The third-order valence-electron chi connectivity index (χ3n) is 4.55. The van der Waals surface area contributed by atoms with Gasteiger partial charge in [-0.3, -0.25) is 0 Å². The second kappa shape index (κ2) is 6.44. The summed E-state index contributed by atoms with van der Waals surface area (Å²) in [5.74, 6) is 1.22. The second-order valence-corrected chi connectivity index (χ2v) is 6.41. The quantitative estimate of drug-likeness (QED) is 0.838. The van der Waals surface area contributed by atoms with Crippen molar-refractivity contribution in [2.45, 2.75) is 38.5 Å².